The van der Waals surface area contributed by atoms with Crippen molar-refractivity contribution >= 4 is 34.1 Å². The minimum absolute atomic E-state index is 0.0806. The summed E-state index contributed by atoms with van der Waals surface area (Å²) in [6.45, 7) is 6.26. The Kier molecular flexibility index (Phi) is 5.65. The van der Waals surface area contributed by atoms with Crippen molar-refractivity contribution in [3.05, 3.63) is 35.4 Å². The van der Waals surface area contributed by atoms with E-state index >= 15 is 0 Å². The molecule has 1 aromatic carbocycles. The van der Waals surface area contributed by atoms with E-state index in [4.69, 9.17) is 17.0 Å². The van der Waals surface area contributed by atoms with E-state index < -0.39 is 0 Å². The number of carbonyl (C=O) groups excluding carboxylic acids is 1. The van der Waals surface area contributed by atoms with Gasteiger partial charge < -0.3 is 4.74 Å². The van der Waals surface area contributed by atoms with Gasteiger partial charge >= 0.3 is 0 Å². The van der Waals surface area contributed by atoms with E-state index in [1.54, 1.807) is 0 Å². The van der Waals surface area contributed by atoms with E-state index in [0.29, 0.717) is 11.0 Å². The largest absolute Gasteiger partial charge is 0.479 e. The molecule has 0 amide bonds. The molecule has 0 aliphatic carbocycles. The molecule has 0 aromatic heterocycles. The van der Waals surface area contributed by atoms with Crippen LogP contribution in [0.15, 0.2) is 24.3 Å². The lowest BCUT2D eigenvalue weighted by Crippen LogP contribution is -2.16. The molecule has 0 aliphatic rings. The molecule has 1 unspecified atom stereocenters. The highest BCUT2D eigenvalue weighted by atomic mass is 32.2. The molecule has 0 bridgehead atoms. The van der Waals surface area contributed by atoms with Crippen LogP contribution in [-0.2, 0) is 4.74 Å². The maximum atomic E-state index is 12.1. The Morgan fingerprint density at radius 3 is 2.53 bits per heavy atom. The number of rotatable bonds is 4. The zero-order valence-corrected chi connectivity index (χ0v) is 11.9. The minimum atomic E-state index is -0.211. The fourth-order valence-corrected chi connectivity index (χ4v) is 2.57. The van der Waals surface area contributed by atoms with Crippen LogP contribution in [0.3, 0.4) is 0 Å². The molecule has 0 fully saturated rings. The summed E-state index contributed by atoms with van der Waals surface area (Å²) in [6, 6.07) is 7.56. The molecule has 0 aliphatic heterocycles. The van der Waals surface area contributed by atoms with E-state index in [-0.39, 0.29) is 11.0 Å². The van der Waals surface area contributed by atoms with Crippen molar-refractivity contribution in [2.75, 3.05) is 6.61 Å². The fourth-order valence-electron chi connectivity index (χ4n) is 1.30. The molecule has 0 saturated carbocycles. The molecule has 0 radical (unpaired) electrons. The van der Waals surface area contributed by atoms with Crippen LogP contribution in [0.1, 0.15) is 29.8 Å². The molecular weight excluding hydrogens is 252 g/mol. The van der Waals surface area contributed by atoms with Crippen LogP contribution in [0.2, 0.25) is 0 Å². The van der Waals surface area contributed by atoms with Crippen molar-refractivity contribution in [2.45, 2.75) is 26.0 Å². The van der Waals surface area contributed by atoms with Gasteiger partial charge in [-0.05, 0) is 33.0 Å². The number of thiocarbonyl (C=S) groups is 1. The molecule has 17 heavy (non-hydrogen) atoms. The number of Topliss-reactive ketones (excluding diaryl/α,β-unsaturated/α-hetero) is 1. The minimum Gasteiger partial charge on any atom is -0.479 e. The number of ketones is 1. The first kappa shape index (κ1) is 14.2. The molecule has 0 saturated heterocycles. The third-order valence-corrected chi connectivity index (χ3v) is 3.52. The monoisotopic (exact) mass is 268 g/mol. The second-order valence-electron chi connectivity index (χ2n) is 3.67. The zero-order chi connectivity index (χ0) is 12.8. The lowest BCUT2D eigenvalue weighted by atomic mass is 10.1. The van der Waals surface area contributed by atoms with Crippen LogP contribution >= 0.6 is 24.0 Å². The molecular formula is C13H16O2S2. The van der Waals surface area contributed by atoms with Crippen LogP contribution in [0.25, 0.3) is 0 Å². The Labute approximate surface area is 112 Å². The summed E-state index contributed by atoms with van der Waals surface area (Å²) in [5, 5.41) is -0.211. The predicted molar refractivity (Wildman–Crippen MR) is 76.8 cm³/mol. The molecule has 2 nitrogen and oxygen atoms in total. The van der Waals surface area contributed by atoms with Crippen LogP contribution in [-0.4, -0.2) is 22.0 Å². The number of hydrogen-bond donors (Lipinski definition) is 0. The van der Waals surface area contributed by atoms with Gasteiger partial charge in [0, 0.05) is 5.56 Å². The van der Waals surface area contributed by atoms with Crippen molar-refractivity contribution in [1.82, 2.24) is 0 Å². The van der Waals surface area contributed by atoms with E-state index in [1.807, 2.05) is 45.0 Å². The second-order valence-corrected chi connectivity index (χ2v) is 5.62. The van der Waals surface area contributed by atoms with Crippen LogP contribution in [0.5, 0.6) is 0 Å². The number of thioether (sulfide) groups is 1. The summed E-state index contributed by atoms with van der Waals surface area (Å²) >= 11 is 6.30. The molecule has 1 aromatic rings. The highest BCUT2D eigenvalue weighted by Crippen LogP contribution is 2.19. The third kappa shape index (κ3) is 4.48. The SMILES string of the molecule is CCOC(=S)SC(C)C(=O)c1ccc(C)cc1. The summed E-state index contributed by atoms with van der Waals surface area (Å²) in [6.07, 6.45) is 0. The van der Waals surface area contributed by atoms with Gasteiger partial charge in [-0.2, -0.15) is 0 Å². The Balaban J connectivity index is 2.63. The number of benzene rings is 1. The average molecular weight is 268 g/mol. The van der Waals surface area contributed by atoms with Crippen LogP contribution in [0, 0.1) is 6.92 Å². The van der Waals surface area contributed by atoms with Gasteiger partial charge in [-0.15, -0.1) is 0 Å². The highest BCUT2D eigenvalue weighted by molar-refractivity contribution is 8.23. The first-order chi connectivity index (χ1) is 8.04. The molecule has 1 rings (SSSR count). The molecule has 0 N–H and O–H groups in total. The van der Waals surface area contributed by atoms with Crippen molar-refractivity contribution in [2.24, 2.45) is 0 Å². The highest BCUT2D eigenvalue weighted by Gasteiger charge is 2.17. The van der Waals surface area contributed by atoms with Crippen molar-refractivity contribution in [3.63, 3.8) is 0 Å². The normalized spacial score (nSPS) is 11.9. The van der Waals surface area contributed by atoms with Crippen molar-refractivity contribution in [3.8, 4) is 0 Å². The summed E-state index contributed by atoms with van der Waals surface area (Å²) < 4.78 is 5.59. The number of aryl methyl sites for hydroxylation is 1. The van der Waals surface area contributed by atoms with Crippen molar-refractivity contribution < 1.29 is 9.53 Å². The smallest absolute Gasteiger partial charge is 0.220 e. The molecule has 4 heteroatoms. The molecule has 92 valence electrons. The van der Waals surface area contributed by atoms with E-state index in [1.165, 1.54) is 11.8 Å². The van der Waals surface area contributed by atoms with Gasteiger partial charge in [0.05, 0.1) is 11.9 Å². The Morgan fingerprint density at radius 1 is 1.41 bits per heavy atom. The van der Waals surface area contributed by atoms with Crippen LogP contribution in [0.4, 0.5) is 0 Å². The van der Waals surface area contributed by atoms with Gasteiger partial charge in [-0.1, -0.05) is 41.6 Å². The fraction of sp³-hybridized carbons (Fsp3) is 0.385. The van der Waals surface area contributed by atoms with Gasteiger partial charge in [0.25, 0.3) is 0 Å². The van der Waals surface area contributed by atoms with Gasteiger partial charge in [0.15, 0.2) is 5.78 Å². The predicted octanol–water partition coefficient (Wildman–Crippen LogP) is 3.62. The van der Waals surface area contributed by atoms with Gasteiger partial charge in [0.1, 0.15) is 0 Å². The first-order valence-corrected chi connectivity index (χ1v) is 6.77. The molecule has 0 heterocycles. The van der Waals surface area contributed by atoms with E-state index in [2.05, 4.69) is 0 Å². The lowest BCUT2D eigenvalue weighted by molar-refractivity contribution is 0.0994. The maximum absolute atomic E-state index is 12.1. The quantitative estimate of drug-likeness (QED) is 0.615. The Hall–Kier alpha value is -0.870. The average Bonchev–Trinajstić information content (AvgIpc) is 2.29. The Morgan fingerprint density at radius 2 is 2.00 bits per heavy atom. The molecule has 0 spiro atoms. The standard InChI is InChI=1S/C13H16O2S2/c1-4-15-13(16)17-10(3)12(14)11-7-5-9(2)6-8-11/h5-8,10H,4H2,1-3H3. The van der Waals surface area contributed by atoms with E-state index in [9.17, 15) is 4.79 Å². The van der Waals surface area contributed by atoms with Gasteiger partial charge in [-0.3, -0.25) is 4.79 Å². The number of carbonyl (C=O) groups is 1. The van der Waals surface area contributed by atoms with Gasteiger partial charge in [0.2, 0.25) is 4.38 Å². The Bertz CT molecular complexity index is 398. The summed E-state index contributed by atoms with van der Waals surface area (Å²) in [5.74, 6) is 0.0806. The third-order valence-electron chi connectivity index (χ3n) is 2.24. The van der Waals surface area contributed by atoms with E-state index in [0.717, 1.165) is 11.1 Å². The first-order valence-electron chi connectivity index (χ1n) is 5.49. The number of ether oxygens (including phenoxy) is 1. The van der Waals surface area contributed by atoms with Crippen LogP contribution < -0.4 is 0 Å². The summed E-state index contributed by atoms with van der Waals surface area (Å²) in [7, 11) is 0. The molecule has 1 atom stereocenters. The topological polar surface area (TPSA) is 26.3 Å². The van der Waals surface area contributed by atoms with Gasteiger partial charge in [-0.25, -0.2) is 0 Å². The summed E-state index contributed by atoms with van der Waals surface area (Å²) in [4.78, 5) is 12.1. The summed E-state index contributed by atoms with van der Waals surface area (Å²) in [5.41, 5.74) is 1.86. The second kappa shape index (κ2) is 6.77. The zero-order valence-electron chi connectivity index (χ0n) is 10.2. The number of hydrogen-bond acceptors (Lipinski definition) is 4. The lowest BCUT2D eigenvalue weighted by Gasteiger charge is -2.11. The maximum Gasteiger partial charge on any atom is 0.220 e. The van der Waals surface area contributed by atoms with Crippen molar-refractivity contribution in [1.29, 1.82) is 0 Å².